The molecule has 3 aromatic rings. The summed E-state index contributed by atoms with van der Waals surface area (Å²) in [6, 6.07) is 21.9. The minimum absolute atomic E-state index is 0.121. The van der Waals surface area contributed by atoms with Crippen molar-refractivity contribution < 1.29 is 37.8 Å². The standard InChI is InChI=1S/C23H22N2O3.C2HF3O2/c1-16-8-10-18(11-9-16)22(26)24-20-14-19(23(27)28)12-13-21(20)25(2)15-17-6-4-3-5-7-17;3-2(4,5)1(6)7/h3-14H,15H2,1-2H3,(H,24,26)(H,27,28);(H,6,7). The molecule has 0 aromatic heterocycles. The Morgan fingerprint density at radius 1 is 0.886 bits per heavy atom. The quantitative estimate of drug-likeness (QED) is 0.440. The molecule has 7 nitrogen and oxygen atoms in total. The van der Waals surface area contributed by atoms with Gasteiger partial charge in [0, 0.05) is 19.2 Å². The number of rotatable bonds is 6. The van der Waals surface area contributed by atoms with Crippen LogP contribution in [0.15, 0.2) is 72.8 Å². The summed E-state index contributed by atoms with van der Waals surface area (Å²) < 4.78 is 31.7. The molecule has 0 spiro atoms. The number of alkyl halides is 3. The minimum Gasteiger partial charge on any atom is -0.478 e. The van der Waals surface area contributed by atoms with Crippen molar-refractivity contribution in [3.05, 3.63) is 95.1 Å². The van der Waals surface area contributed by atoms with Crippen molar-refractivity contribution >= 4 is 29.2 Å². The lowest BCUT2D eigenvalue weighted by molar-refractivity contribution is -0.192. The number of aryl methyl sites for hydroxylation is 1. The number of benzene rings is 3. The van der Waals surface area contributed by atoms with Crippen LogP contribution in [0, 0.1) is 6.92 Å². The van der Waals surface area contributed by atoms with Crippen LogP contribution in [0.4, 0.5) is 24.5 Å². The number of carbonyl (C=O) groups is 3. The summed E-state index contributed by atoms with van der Waals surface area (Å²) in [4.78, 5) is 34.9. The van der Waals surface area contributed by atoms with Gasteiger partial charge in [0.2, 0.25) is 0 Å². The predicted molar refractivity (Wildman–Crippen MR) is 125 cm³/mol. The van der Waals surface area contributed by atoms with Gasteiger partial charge in [0.1, 0.15) is 0 Å². The summed E-state index contributed by atoms with van der Waals surface area (Å²) in [6.07, 6.45) is -5.08. The monoisotopic (exact) mass is 488 g/mol. The summed E-state index contributed by atoms with van der Waals surface area (Å²) in [5.41, 5.74) is 4.02. The second kappa shape index (κ2) is 11.7. The Kier molecular flexibility index (Phi) is 8.98. The van der Waals surface area contributed by atoms with Gasteiger partial charge in [-0.3, -0.25) is 4.79 Å². The van der Waals surface area contributed by atoms with E-state index in [4.69, 9.17) is 9.90 Å². The Hall–Kier alpha value is -4.34. The van der Waals surface area contributed by atoms with Crippen LogP contribution >= 0.6 is 0 Å². The van der Waals surface area contributed by atoms with E-state index in [1.807, 2.05) is 61.3 Å². The first kappa shape index (κ1) is 26.9. The predicted octanol–water partition coefficient (Wildman–Crippen LogP) is 5.22. The summed E-state index contributed by atoms with van der Waals surface area (Å²) >= 11 is 0. The highest BCUT2D eigenvalue weighted by Gasteiger charge is 2.38. The molecule has 0 aliphatic rings. The number of carboxylic acid groups (broad SMARTS) is 2. The summed E-state index contributed by atoms with van der Waals surface area (Å²) in [7, 11) is 1.91. The topological polar surface area (TPSA) is 107 Å². The van der Waals surface area contributed by atoms with Gasteiger partial charge in [0.15, 0.2) is 0 Å². The molecule has 0 radical (unpaired) electrons. The van der Waals surface area contributed by atoms with Gasteiger partial charge in [-0.1, -0.05) is 48.0 Å². The van der Waals surface area contributed by atoms with Crippen molar-refractivity contribution in [2.75, 3.05) is 17.3 Å². The van der Waals surface area contributed by atoms with E-state index in [0.717, 1.165) is 16.8 Å². The first-order chi connectivity index (χ1) is 16.4. The molecule has 0 unspecified atom stereocenters. The van der Waals surface area contributed by atoms with E-state index in [2.05, 4.69) is 5.32 Å². The van der Waals surface area contributed by atoms with Crippen molar-refractivity contribution in [2.24, 2.45) is 0 Å². The minimum atomic E-state index is -5.08. The Morgan fingerprint density at radius 3 is 1.94 bits per heavy atom. The molecule has 3 aromatic carbocycles. The van der Waals surface area contributed by atoms with Gasteiger partial charge in [-0.25, -0.2) is 9.59 Å². The van der Waals surface area contributed by atoms with Gasteiger partial charge in [-0.2, -0.15) is 13.2 Å². The number of aliphatic carboxylic acids is 1. The number of nitrogens with one attached hydrogen (secondary N) is 1. The molecule has 1 amide bonds. The molecular formula is C25H23F3N2O5. The number of hydrogen-bond acceptors (Lipinski definition) is 4. The largest absolute Gasteiger partial charge is 0.490 e. The molecule has 0 aliphatic heterocycles. The van der Waals surface area contributed by atoms with E-state index >= 15 is 0 Å². The zero-order valence-corrected chi connectivity index (χ0v) is 18.8. The van der Waals surface area contributed by atoms with Gasteiger partial charge in [-0.15, -0.1) is 0 Å². The highest BCUT2D eigenvalue weighted by Crippen LogP contribution is 2.28. The maximum Gasteiger partial charge on any atom is 0.490 e. The molecule has 0 bridgehead atoms. The number of anilines is 2. The third kappa shape index (κ3) is 8.18. The van der Waals surface area contributed by atoms with E-state index in [9.17, 15) is 27.9 Å². The molecule has 3 N–H and O–H groups in total. The number of aromatic carboxylic acids is 1. The van der Waals surface area contributed by atoms with Crippen molar-refractivity contribution in [1.29, 1.82) is 0 Å². The van der Waals surface area contributed by atoms with Crippen LogP contribution in [0.1, 0.15) is 31.8 Å². The molecule has 0 fully saturated rings. The molecule has 0 heterocycles. The van der Waals surface area contributed by atoms with Gasteiger partial charge in [0.25, 0.3) is 5.91 Å². The molecule has 0 saturated carbocycles. The maximum absolute atomic E-state index is 12.7. The van der Waals surface area contributed by atoms with Crippen LogP contribution in [0.5, 0.6) is 0 Å². The SMILES string of the molecule is Cc1ccc(C(=O)Nc2cc(C(=O)O)ccc2N(C)Cc2ccccc2)cc1.O=C(O)C(F)(F)F. The van der Waals surface area contributed by atoms with Crippen LogP contribution in [-0.4, -0.2) is 41.3 Å². The molecular weight excluding hydrogens is 465 g/mol. The number of halogens is 3. The molecule has 0 atom stereocenters. The number of nitrogens with zero attached hydrogens (tertiary/aromatic N) is 1. The second-order valence-corrected chi connectivity index (χ2v) is 7.50. The average Bonchev–Trinajstić information content (AvgIpc) is 2.79. The first-order valence-electron chi connectivity index (χ1n) is 10.2. The maximum atomic E-state index is 12.7. The van der Waals surface area contributed by atoms with Gasteiger partial charge < -0.3 is 20.4 Å². The normalized spacial score (nSPS) is 10.5. The molecule has 3 rings (SSSR count). The van der Waals surface area contributed by atoms with Crippen molar-refractivity contribution in [2.45, 2.75) is 19.6 Å². The van der Waals surface area contributed by atoms with Crippen LogP contribution < -0.4 is 10.2 Å². The summed E-state index contributed by atoms with van der Waals surface area (Å²) in [6.45, 7) is 2.58. The zero-order valence-electron chi connectivity index (χ0n) is 18.8. The van der Waals surface area contributed by atoms with Crippen molar-refractivity contribution in [3.8, 4) is 0 Å². The molecule has 0 aliphatic carbocycles. The molecule has 35 heavy (non-hydrogen) atoms. The molecule has 184 valence electrons. The van der Waals surface area contributed by atoms with E-state index in [0.29, 0.717) is 17.8 Å². The smallest absolute Gasteiger partial charge is 0.478 e. The van der Waals surface area contributed by atoms with Crippen LogP contribution in [0.3, 0.4) is 0 Å². The number of hydrogen-bond donors (Lipinski definition) is 3. The lowest BCUT2D eigenvalue weighted by Crippen LogP contribution is -2.21. The van der Waals surface area contributed by atoms with E-state index in [1.165, 1.54) is 6.07 Å². The van der Waals surface area contributed by atoms with E-state index < -0.39 is 18.1 Å². The number of amides is 1. The highest BCUT2D eigenvalue weighted by molar-refractivity contribution is 6.06. The Balaban J connectivity index is 0.000000540. The van der Waals surface area contributed by atoms with Gasteiger partial charge >= 0.3 is 18.1 Å². The van der Waals surface area contributed by atoms with Gasteiger partial charge in [0.05, 0.1) is 16.9 Å². The fourth-order valence-corrected chi connectivity index (χ4v) is 2.94. The number of carbonyl (C=O) groups excluding carboxylic acids is 1. The number of carboxylic acids is 2. The Labute approximate surface area is 199 Å². The summed E-state index contributed by atoms with van der Waals surface area (Å²) in [5.74, 6) is -4.08. The lowest BCUT2D eigenvalue weighted by Gasteiger charge is -2.23. The second-order valence-electron chi connectivity index (χ2n) is 7.50. The van der Waals surface area contributed by atoms with Crippen molar-refractivity contribution in [1.82, 2.24) is 0 Å². The van der Waals surface area contributed by atoms with Crippen molar-refractivity contribution in [3.63, 3.8) is 0 Å². The van der Waals surface area contributed by atoms with Crippen LogP contribution in [0.25, 0.3) is 0 Å². The summed E-state index contributed by atoms with van der Waals surface area (Å²) in [5, 5.41) is 19.3. The van der Waals surface area contributed by atoms with E-state index in [-0.39, 0.29) is 11.5 Å². The molecule has 10 heteroatoms. The highest BCUT2D eigenvalue weighted by atomic mass is 19.4. The zero-order chi connectivity index (χ0) is 26.2. The van der Waals surface area contributed by atoms with E-state index in [1.54, 1.807) is 24.3 Å². The van der Waals surface area contributed by atoms with Crippen LogP contribution in [-0.2, 0) is 11.3 Å². The fraction of sp³-hybridized carbons (Fsp3) is 0.160. The third-order valence-corrected chi connectivity index (χ3v) is 4.72. The third-order valence-electron chi connectivity index (χ3n) is 4.72. The molecule has 0 saturated heterocycles. The van der Waals surface area contributed by atoms with Gasteiger partial charge in [-0.05, 0) is 42.8 Å². The first-order valence-corrected chi connectivity index (χ1v) is 10.2. The fourth-order valence-electron chi connectivity index (χ4n) is 2.94. The lowest BCUT2D eigenvalue weighted by atomic mass is 10.1. The Bertz CT molecular complexity index is 1180. The van der Waals surface area contributed by atoms with Crippen LogP contribution in [0.2, 0.25) is 0 Å². The average molecular weight is 488 g/mol. The Morgan fingerprint density at radius 2 is 1.43 bits per heavy atom.